The molecule has 8 rings (SSSR count). The van der Waals surface area contributed by atoms with E-state index in [2.05, 4.69) is 41.5 Å². The number of methoxy groups -OCH3 is 1. The minimum absolute atomic E-state index is 0.0675. The number of hydrogen-bond donors (Lipinski definition) is 4. The lowest BCUT2D eigenvalue weighted by Gasteiger charge is -2.43. The van der Waals surface area contributed by atoms with Crippen molar-refractivity contribution in [1.29, 1.82) is 0 Å². The number of carbonyl (C=O) groups excluding carboxylic acids is 6. The largest absolute Gasteiger partial charge is 0.496 e. The highest BCUT2D eigenvalue weighted by atomic mass is 16.5. The summed E-state index contributed by atoms with van der Waals surface area (Å²) in [5.41, 5.74) is 4.04. The first-order valence-electron chi connectivity index (χ1n) is 22.1. The lowest BCUT2D eigenvalue weighted by atomic mass is 10.0. The van der Waals surface area contributed by atoms with Crippen LogP contribution in [0.2, 0.25) is 0 Å². The van der Waals surface area contributed by atoms with Crippen molar-refractivity contribution in [1.82, 2.24) is 45.8 Å². The molecule has 65 heavy (non-hydrogen) atoms. The SMILES string of the molecule is CC[C@@H]1C(=O)N(C)c2cnc(Cc3ccc(C(=O)NCc4cn(CCNCCOCC(=O)Nc5cccc6c5CN(C5CCC(=O)NC5=O)C6=O)nn4)cc3OC)nc2N1C1CCCC1. The standard InChI is InChI=1S/C45H54N12O8/c1-4-34-45(63)54(2)36-23-47-38(50-41(36)57(34)30-8-5-6-9-30)21-27-12-13-28(20-37(27)64-3)42(60)48-22-29-24-55(53-52-29)18-16-46-17-19-65-26-40(59)49-33-11-7-10-31-32(33)25-56(44(31)62)35-14-15-39(58)51-43(35)61/h7,10-13,20,23-24,30,34-35,46H,4-6,8-9,14-19,21-22,25-26H2,1-3H3,(H,48,60)(H,49,59)(H,51,58,61)/t34-,35?/m1/s1. The van der Waals surface area contributed by atoms with Gasteiger partial charge in [-0.3, -0.25) is 38.8 Å². The molecule has 1 saturated carbocycles. The molecule has 2 aromatic heterocycles. The minimum Gasteiger partial charge on any atom is -0.496 e. The second kappa shape index (κ2) is 19.9. The quantitative estimate of drug-likeness (QED) is 0.0828. The number of benzene rings is 2. The molecule has 0 radical (unpaired) electrons. The highest BCUT2D eigenvalue weighted by Crippen LogP contribution is 2.40. The Morgan fingerprint density at radius 3 is 2.65 bits per heavy atom. The van der Waals surface area contributed by atoms with E-state index >= 15 is 0 Å². The van der Waals surface area contributed by atoms with Crippen LogP contribution in [0.15, 0.2) is 48.8 Å². The Hall–Kier alpha value is -6.80. The number of aromatic nitrogens is 5. The predicted octanol–water partition coefficient (Wildman–Crippen LogP) is 2.11. The summed E-state index contributed by atoms with van der Waals surface area (Å²) < 4.78 is 12.9. The van der Waals surface area contributed by atoms with Gasteiger partial charge in [-0.15, -0.1) is 5.10 Å². The van der Waals surface area contributed by atoms with Crippen LogP contribution in [0.25, 0.3) is 0 Å². The maximum Gasteiger partial charge on any atom is 0.255 e. The number of hydrogen-bond acceptors (Lipinski definition) is 14. The summed E-state index contributed by atoms with van der Waals surface area (Å²) in [5, 5.41) is 19.6. The Kier molecular flexibility index (Phi) is 13.7. The number of nitrogens with one attached hydrogen (secondary N) is 4. The van der Waals surface area contributed by atoms with Gasteiger partial charge in [-0.1, -0.05) is 37.1 Å². The van der Waals surface area contributed by atoms with Crippen molar-refractivity contribution in [2.45, 2.75) is 96.1 Å². The van der Waals surface area contributed by atoms with E-state index in [-0.39, 0.29) is 80.8 Å². The van der Waals surface area contributed by atoms with Crippen molar-refractivity contribution < 1.29 is 38.2 Å². The maximum absolute atomic E-state index is 13.3. The maximum atomic E-state index is 13.3. The Bertz CT molecular complexity index is 2470. The van der Waals surface area contributed by atoms with Crippen LogP contribution in [-0.2, 0) is 50.0 Å². The second-order valence-corrected chi connectivity index (χ2v) is 16.6. The van der Waals surface area contributed by atoms with Gasteiger partial charge in [0, 0.05) is 73.5 Å². The van der Waals surface area contributed by atoms with Crippen LogP contribution in [0.5, 0.6) is 5.75 Å². The average molecular weight is 891 g/mol. The third-order valence-corrected chi connectivity index (χ3v) is 12.4. The number of imide groups is 1. The molecule has 20 nitrogen and oxygen atoms in total. The fourth-order valence-electron chi connectivity index (χ4n) is 9.02. The van der Waals surface area contributed by atoms with Gasteiger partial charge in [0.1, 0.15) is 41.6 Å². The lowest BCUT2D eigenvalue weighted by Crippen LogP contribution is -2.55. The fraction of sp³-hybridized carbons (Fsp3) is 0.467. The number of nitrogens with zero attached hydrogens (tertiary/aromatic N) is 8. The van der Waals surface area contributed by atoms with Crippen LogP contribution in [-0.4, -0.2) is 124 Å². The molecule has 4 N–H and O–H groups in total. The van der Waals surface area contributed by atoms with E-state index in [0.29, 0.717) is 77.8 Å². The third kappa shape index (κ3) is 9.82. The lowest BCUT2D eigenvalue weighted by molar-refractivity contribution is -0.137. The Balaban J connectivity index is 0.754. The van der Waals surface area contributed by atoms with Crippen LogP contribution >= 0.6 is 0 Å². The van der Waals surface area contributed by atoms with Crippen molar-refractivity contribution in [3.05, 3.63) is 82.6 Å². The molecule has 2 fully saturated rings. The van der Waals surface area contributed by atoms with E-state index < -0.39 is 11.9 Å². The normalized spacial score (nSPS) is 18.5. The molecule has 4 aromatic rings. The minimum atomic E-state index is -0.746. The van der Waals surface area contributed by atoms with Crippen LogP contribution < -0.4 is 35.8 Å². The van der Waals surface area contributed by atoms with E-state index in [9.17, 15) is 28.8 Å². The summed E-state index contributed by atoms with van der Waals surface area (Å²) in [5.74, 6) is 0.146. The summed E-state index contributed by atoms with van der Waals surface area (Å²) in [6, 6.07) is 9.57. The molecule has 2 aromatic carbocycles. The number of fused-ring (bicyclic) bond motifs is 2. The van der Waals surface area contributed by atoms with Crippen LogP contribution in [0, 0.1) is 0 Å². The Morgan fingerprint density at radius 2 is 1.86 bits per heavy atom. The highest BCUT2D eigenvalue weighted by molar-refractivity contribution is 6.07. The number of likely N-dealkylation sites (N-methyl/N-ethyl adjacent to an activating group) is 1. The molecule has 4 aliphatic rings. The molecule has 1 unspecified atom stereocenters. The van der Waals surface area contributed by atoms with Gasteiger partial charge in [0.05, 0.1) is 39.2 Å². The molecule has 342 valence electrons. The first-order chi connectivity index (χ1) is 31.5. The van der Waals surface area contributed by atoms with Crippen molar-refractivity contribution in [3.63, 3.8) is 0 Å². The summed E-state index contributed by atoms with van der Waals surface area (Å²) in [7, 11) is 3.35. The van der Waals surface area contributed by atoms with E-state index in [0.717, 1.165) is 37.1 Å². The van der Waals surface area contributed by atoms with Crippen molar-refractivity contribution in [2.75, 3.05) is 55.6 Å². The van der Waals surface area contributed by atoms with E-state index in [1.165, 1.54) is 4.90 Å². The van der Waals surface area contributed by atoms with Crippen LogP contribution in [0.1, 0.15) is 95.2 Å². The highest BCUT2D eigenvalue weighted by Gasteiger charge is 2.42. The molecule has 5 heterocycles. The number of anilines is 3. The van der Waals surface area contributed by atoms with Gasteiger partial charge < -0.3 is 40.1 Å². The zero-order valence-corrected chi connectivity index (χ0v) is 36.8. The van der Waals surface area contributed by atoms with E-state index in [4.69, 9.17) is 14.5 Å². The third-order valence-electron chi connectivity index (χ3n) is 12.4. The zero-order chi connectivity index (χ0) is 45.6. The van der Waals surface area contributed by atoms with Crippen LogP contribution in [0.4, 0.5) is 17.2 Å². The molecule has 0 spiro atoms. The van der Waals surface area contributed by atoms with Gasteiger partial charge in [-0.2, -0.15) is 0 Å². The topological polar surface area (TPSA) is 235 Å². The molecule has 0 bridgehead atoms. The number of rotatable bonds is 18. The molecular formula is C45H54N12O8. The van der Waals surface area contributed by atoms with Gasteiger partial charge in [0.2, 0.25) is 23.6 Å². The summed E-state index contributed by atoms with van der Waals surface area (Å²) >= 11 is 0. The first kappa shape index (κ1) is 44.8. The molecule has 2 atom stereocenters. The van der Waals surface area contributed by atoms with Crippen molar-refractivity contribution in [3.8, 4) is 5.75 Å². The van der Waals surface area contributed by atoms with Crippen molar-refractivity contribution in [2.24, 2.45) is 0 Å². The van der Waals surface area contributed by atoms with Crippen LogP contribution in [0.3, 0.4) is 0 Å². The number of piperidine rings is 1. The smallest absolute Gasteiger partial charge is 0.255 e. The van der Waals surface area contributed by atoms with E-state index in [1.807, 2.05) is 13.0 Å². The van der Waals surface area contributed by atoms with Gasteiger partial charge >= 0.3 is 0 Å². The fourth-order valence-corrected chi connectivity index (χ4v) is 9.02. The summed E-state index contributed by atoms with van der Waals surface area (Å²) in [6.45, 7) is 3.96. The van der Waals surface area contributed by atoms with Gasteiger partial charge in [-0.05, 0) is 49.9 Å². The summed E-state index contributed by atoms with van der Waals surface area (Å²) in [4.78, 5) is 91.3. The Labute approximate surface area is 375 Å². The molecule has 1 saturated heterocycles. The summed E-state index contributed by atoms with van der Waals surface area (Å²) in [6.07, 6.45) is 9.33. The first-order valence-corrected chi connectivity index (χ1v) is 22.1. The molecule has 1 aliphatic carbocycles. The zero-order valence-electron chi connectivity index (χ0n) is 36.8. The van der Waals surface area contributed by atoms with Gasteiger partial charge in [0.25, 0.3) is 11.8 Å². The van der Waals surface area contributed by atoms with Gasteiger partial charge in [0.15, 0.2) is 5.82 Å². The average Bonchev–Trinajstić information content (AvgIpc) is 4.08. The number of amides is 6. The molecule has 6 amide bonds. The van der Waals surface area contributed by atoms with Crippen molar-refractivity contribution >= 4 is 52.6 Å². The predicted molar refractivity (Wildman–Crippen MR) is 236 cm³/mol. The van der Waals surface area contributed by atoms with E-state index in [1.54, 1.807) is 66.5 Å². The van der Waals surface area contributed by atoms with Gasteiger partial charge in [-0.25, -0.2) is 9.97 Å². The molecule has 20 heteroatoms. The number of ether oxygens (including phenoxy) is 2. The monoisotopic (exact) mass is 890 g/mol. The number of carbonyl (C=O) groups is 6. The molecular weight excluding hydrogens is 837 g/mol. The molecule has 3 aliphatic heterocycles. The second-order valence-electron chi connectivity index (χ2n) is 16.6. The Morgan fingerprint density at radius 1 is 1.03 bits per heavy atom.